The van der Waals surface area contributed by atoms with Crippen LogP contribution in [-0.4, -0.2) is 38.0 Å². The first-order valence-corrected chi connectivity index (χ1v) is 12.9. The Bertz CT molecular complexity index is 1130. The van der Waals surface area contributed by atoms with Gasteiger partial charge in [0.05, 0.1) is 37.4 Å². The Balaban J connectivity index is 1.50. The molecule has 1 aliphatic rings. The maximum absolute atomic E-state index is 13.0. The Morgan fingerprint density at radius 1 is 1.15 bits per heavy atom. The summed E-state index contributed by atoms with van der Waals surface area (Å²) >= 11 is 1.61. The summed E-state index contributed by atoms with van der Waals surface area (Å²) in [7, 11) is -1.29. The highest BCUT2D eigenvalue weighted by Gasteiger charge is 2.49. The van der Waals surface area contributed by atoms with Crippen molar-refractivity contribution in [2.24, 2.45) is 0 Å². The number of aromatic nitrogens is 1. The van der Waals surface area contributed by atoms with Crippen LogP contribution in [0.4, 0.5) is 4.79 Å². The lowest BCUT2D eigenvalue weighted by Crippen LogP contribution is -2.69. The van der Waals surface area contributed by atoms with Gasteiger partial charge in [0, 0.05) is 13.1 Å². The van der Waals surface area contributed by atoms with Crippen LogP contribution in [0.5, 0.6) is 0 Å². The van der Waals surface area contributed by atoms with Crippen LogP contribution in [0, 0.1) is 6.92 Å². The van der Waals surface area contributed by atoms with Gasteiger partial charge in [-0.2, -0.15) is 0 Å². The molecule has 1 aliphatic heterocycles. The molecular weight excluding hydrogens is 454 g/mol. The van der Waals surface area contributed by atoms with Gasteiger partial charge >= 0.3 is 6.09 Å². The molecular formula is C25H29N3O3S2. The average molecular weight is 484 g/mol. The molecule has 4 rings (SSSR count). The molecule has 0 radical (unpaired) electrons. The van der Waals surface area contributed by atoms with E-state index in [1.807, 2.05) is 75.7 Å². The number of nitrogens with one attached hydrogen (secondary N) is 1. The highest BCUT2D eigenvalue weighted by molar-refractivity contribution is 7.84. The number of rotatable bonds is 6. The number of amides is 1. The zero-order valence-electron chi connectivity index (χ0n) is 19.3. The summed E-state index contributed by atoms with van der Waals surface area (Å²) in [5, 5.41) is 0. The lowest BCUT2D eigenvalue weighted by atomic mass is 9.83. The molecule has 8 heteroatoms. The van der Waals surface area contributed by atoms with Crippen molar-refractivity contribution < 1.29 is 13.7 Å². The fourth-order valence-corrected chi connectivity index (χ4v) is 5.42. The first-order chi connectivity index (χ1) is 15.7. The molecule has 2 heterocycles. The van der Waals surface area contributed by atoms with Gasteiger partial charge in [0.25, 0.3) is 0 Å². The van der Waals surface area contributed by atoms with Gasteiger partial charge < -0.3 is 9.64 Å². The van der Waals surface area contributed by atoms with E-state index in [9.17, 15) is 9.00 Å². The van der Waals surface area contributed by atoms with E-state index in [4.69, 9.17) is 4.74 Å². The molecule has 1 unspecified atom stereocenters. The van der Waals surface area contributed by atoms with Crippen LogP contribution >= 0.6 is 11.3 Å². The second-order valence-electron chi connectivity index (χ2n) is 9.31. The Kier molecular flexibility index (Phi) is 6.70. The maximum atomic E-state index is 13.0. The molecule has 33 heavy (non-hydrogen) atoms. The van der Waals surface area contributed by atoms with Gasteiger partial charge in [0.15, 0.2) is 0 Å². The van der Waals surface area contributed by atoms with E-state index in [2.05, 4.69) is 21.8 Å². The van der Waals surface area contributed by atoms with Crippen molar-refractivity contribution in [3.05, 3.63) is 76.9 Å². The molecule has 2 aromatic carbocycles. The number of likely N-dealkylation sites (tertiary alicyclic amines) is 1. The van der Waals surface area contributed by atoms with Gasteiger partial charge in [-0.05, 0) is 44.4 Å². The van der Waals surface area contributed by atoms with Crippen molar-refractivity contribution >= 4 is 28.4 Å². The van der Waals surface area contributed by atoms with Crippen molar-refractivity contribution in [2.45, 2.75) is 44.6 Å². The van der Waals surface area contributed by atoms with Crippen LogP contribution in [0.2, 0.25) is 0 Å². The number of hydrogen-bond donors (Lipinski definition) is 1. The molecule has 1 atom stereocenters. The van der Waals surface area contributed by atoms with Gasteiger partial charge in [-0.3, -0.25) is 0 Å². The molecule has 1 saturated heterocycles. The molecule has 174 valence electrons. The van der Waals surface area contributed by atoms with Crippen LogP contribution < -0.4 is 4.72 Å². The van der Waals surface area contributed by atoms with Crippen LogP contribution in [0.15, 0.2) is 60.1 Å². The van der Waals surface area contributed by atoms with Crippen molar-refractivity contribution in [3.8, 4) is 10.4 Å². The minimum Gasteiger partial charge on any atom is -0.445 e. The molecule has 0 saturated carbocycles. The Labute approximate surface area is 201 Å². The zero-order chi connectivity index (χ0) is 23.6. The zero-order valence-corrected chi connectivity index (χ0v) is 21.0. The summed E-state index contributed by atoms with van der Waals surface area (Å²) in [6.45, 7) is 8.81. The molecule has 1 aromatic heterocycles. The minimum absolute atomic E-state index is 0.230. The van der Waals surface area contributed by atoms with E-state index in [0.29, 0.717) is 13.1 Å². The highest BCUT2D eigenvalue weighted by atomic mass is 32.2. The van der Waals surface area contributed by atoms with Gasteiger partial charge in [-0.15, -0.1) is 11.3 Å². The number of thiazole rings is 1. The largest absolute Gasteiger partial charge is 0.445 e. The lowest BCUT2D eigenvalue weighted by molar-refractivity contribution is 0.0291. The summed E-state index contributed by atoms with van der Waals surface area (Å²) in [6, 6.07) is 17.8. The first-order valence-electron chi connectivity index (χ1n) is 10.8. The highest BCUT2D eigenvalue weighted by Crippen LogP contribution is 2.36. The van der Waals surface area contributed by atoms with Crippen LogP contribution in [0.25, 0.3) is 10.4 Å². The van der Waals surface area contributed by atoms with Crippen molar-refractivity contribution in [1.29, 1.82) is 0 Å². The topological polar surface area (TPSA) is 71.5 Å². The van der Waals surface area contributed by atoms with Gasteiger partial charge in [0.1, 0.15) is 6.61 Å². The molecule has 1 fully saturated rings. The average Bonchev–Trinajstić information content (AvgIpc) is 3.20. The number of aryl methyl sites for hydroxylation is 1. The Morgan fingerprint density at radius 3 is 2.39 bits per heavy atom. The van der Waals surface area contributed by atoms with E-state index in [1.54, 1.807) is 16.2 Å². The number of benzene rings is 2. The second-order valence-corrected chi connectivity index (χ2v) is 12.1. The molecule has 0 spiro atoms. The number of ether oxygens (including phenoxy) is 1. The molecule has 0 aliphatic carbocycles. The molecule has 0 bridgehead atoms. The molecule has 1 amide bonds. The van der Waals surface area contributed by atoms with E-state index in [-0.39, 0.29) is 12.7 Å². The van der Waals surface area contributed by atoms with E-state index >= 15 is 0 Å². The first kappa shape index (κ1) is 23.6. The monoisotopic (exact) mass is 483 g/mol. The van der Waals surface area contributed by atoms with Gasteiger partial charge in [-0.1, -0.05) is 54.6 Å². The lowest BCUT2D eigenvalue weighted by Gasteiger charge is -2.50. The van der Waals surface area contributed by atoms with Crippen LogP contribution in [-0.2, 0) is 27.9 Å². The fourth-order valence-electron chi connectivity index (χ4n) is 3.70. The third kappa shape index (κ3) is 5.18. The van der Waals surface area contributed by atoms with E-state index in [1.165, 1.54) is 0 Å². The van der Waals surface area contributed by atoms with Crippen molar-refractivity contribution in [1.82, 2.24) is 14.6 Å². The van der Waals surface area contributed by atoms with Crippen LogP contribution in [0.1, 0.15) is 37.6 Å². The maximum Gasteiger partial charge on any atom is 0.410 e. The van der Waals surface area contributed by atoms with E-state index in [0.717, 1.165) is 27.3 Å². The SMILES string of the molecule is Cc1ncsc1-c1ccc(C2(NS(=O)C(C)(C)C)CN(C(=O)OCc3ccccc3)C2)cc1. The second kappa shape index (κ2) is 9.37. The van der Waals surface area contributed by atoms with Crippen molar-refractivity contribution in [3.63, 3.8) is 0 Å². The predicted molar refractivity (Wildman–Crippen MR) is 133 cm³/mol. The summed E-state index contributed by atoms with van der Waals surface area (Å²) in [4.78, 5) is 19.8. The smallest absolute Gasteiger partial charge is 0.410 e. The van der Waals surface area contributed by atoms with Crippen molar-refractivity contribution in [2.75, 3.05) is 13.1 Å². The van der Waals surface area contributed by atoms with Gasteiger partial charge in [0.2, 0.25) is 0 Å². The third-order valence-corrected chi connectivity index (χ3v) is 8.34. The number of nitrogens with zero attached hydrogens (tertiary/aromatic N) is 2. The minimum atomic E-state index is -1.29. The van der Waals surface area contributed by atoms with Crippen LogP contribution in [0.3, 0.4) is 0 Å². The number of carbonyl (C=O) groups excluding carboxylic acids is 1. The molecule has 1 N–H and O–H groups in total. The standard InChI is InChI=1S/C25H29N3O3S2/c1-18-22(32-17-26-18)20-10-12-21(13-11-20)25(27-33(30)24(2,3)4)15-28(16-25)23(29)31-14-19-8-6-5-7-9-19/h5-13,17,27H,14-16H2,1-4H3. The number of hydrogen-bond acceptors (Lipinski definition) is 5. The summed E-state index contributed by atoms with van der Waals surface area (Å²) in [5.74, 6) is 0. The predicted octanol–water partition coefficient (Wildman–Crippen LogP) is 5.02. The van der Waals surface area contributed by atoms with E-state index < -0.39 is 21.3 Å². The molecule has 6 nitrogen and oxygen atoms in total. The molecule has 3 aromatic rings. The number of carbonyl (C=O) groups is 1. The van der Waals surface area contributed by atoms with Gasteiger partial charge in [-0.25, -0.2) is 18.7 Å². The fraction of sp³-hybridized carbons (Fsp3) is 0.360. The summed E-state index contributed by atoms with van der Waals surface area (Å²) in [6.07, 6.45) is -0.366. The summed E-state index contributed by atoms with van der Waals surface area (Å²) < 4.78 is 21.4. The summed E-state index contributed by atoms with van der Waals surface area (Å²) in [5.41, 5.74) is 5.30. The Morgan fingerprint density at radius 2 is 1.82 bits per heavy atom. The Hall–Kier alpha value is -2.55. The normalized spacial score (nSPS) is 16.2. The quantitative estimate of drug-likeness (QED) is 0.535. The third-order valence-electron chi connectivity index (χ3n) is 5.67.